The second-order valence-electron chi connectivity index (χ2n) is 7.01. The highest BCUT2D eigenvalue weighted by Crippen LogP contribution is 2.31. The Morgan fingerprint density at radius 1 is 1.21 bits per heavy atom. The van der Waals surface area contributed by atoms with Gasteiger partial charge < -0.3 is 19.7 Å². The van der Waals surface area contributed by atoms with Crippen molar-refractivity contribution in [2.24, 2.45) is 7.05 Å². The van der Waals surface area contributed by atoms with Gasteiger partial charge in [-0.05, 0) is 32.0 Å². The van der Waals surface area contributed by atoms with Crippen LogP contribution in [0, 0.1) is 0 Å². The van der Waals surface area contributed by atoms with Crippen LogP contribution in [0.4, 0.5) is 17.5 Å². The van der Waals surface area contributed by atoms with E-state index in [-0.39, 0.29) is 12.2 Å². The first kappa shape index (κ1) is 18.8. The molecule has 0 spiro atoms. The Bertz CT molecular complexity index is 997. The summed E-state index contributed by atoms with van der Waals surface area (Å²) in [6, 6.07) is 5.52. The van der Waals surface area contributed by atoms with Crippen molar-refractivity contribution >= 4 is 40.1 Å². The molecule has 0 saturated carbocycles. The van der Waals surface area contributed by atoms with Gasteiger partial charge in [-0.2, -0.15) is 15.1 Å². The van der Waals surface area contributed by atoms with Crippen LogP contribution in [0.25, 0.3) is 11.0 Å². The molecule has 9 heteroatoms. The van der Waals surface area contributed by atoms with Gasteiger partial charge in [0.15, 0.2) is 5.65 Å². The van der Waals surface area contributed by atoms with E-state index in [1.54, 1.807) is 18.0 Å². The number of methoxy groups -OCH3 is 1. The summed E-state index contributed by atoms with van der Waals surface area (Å²) < 4.78 is 12.8. The Kier molecular flexibility index (Phi) is 4.99. The molecule has 1 saturated heterocycles. The first-order valence-corrected chi connectivity index (χ1v) is 9.53. The fraction of sp³-hybridized carbons (Fsp3) is 0.421. The minimum atomic E-state index is 0.117. The SMILES string of the molecule is COc1ccc(Nc2nc(N3C[C@H](C)O[C@@H](C)C3)nc3c2cnn3C)cc1Cl. The lowest BCUT2D eigenvalue weighted by Gasteiger charge is -2.35. The number of ether oxygens (including phenoxy) is 2. The normalized spacial score (nSPS) is 19.8. The van der Waals surface area contributed by atoms with Gasteiger partial charge in [0.05, 0.1) is 35.9 Å². The highest BCUT2D eigenvalue weighted by molar-refractivity contribution is 6.32. The number of aryl methyl sites for hydroxylation is 1. The van der Waals surface area contributed by atoms with E-state index in [1.807, 2.05) is 25.2 Å². The molecule has 148 valence electrons. The van der Waals surface area contributed by atoms with Crippen molar-refractivity contribution in [1.82, 2.24) is 19.7 Å². The van der Waals surface area contributed by atoms with E-state index >= 15 is 0 Å². The van der Waals surface area contributed by atoms with E-state index in [2.05, 4.69) is 29.2 Å². The molecule has 1 aliphatic heterocycles. The van der Waals surface area contributed by atoms with Gasteiger partial charge in [0.25, 0.3) is 0 Å². The third-order valence-electron chi connectivity index (χ3n) is 4.70. The van der Waals surface area contributed by atoms with Crippen LogP contribution in [0.15, 0.2) is 24.4 Å². The summed E-state index contributed by atoms with van der Waals surface area (Å²) >= 11 is 6.27. The third kappa shape index (κ3) is 3.57. The van der Waals surface area contributed by atoms with Gasteiger partial charge in [0.2, 0.25) is 5.95 Å². The van der Waals surface area contributed by atoms with E-state index in [0.29, 0.717) is 22.5 Å². The van der Waals surface area contributed by atoms with Crippen LogP contribution >= 0.6 is 11.6 Å². The Labute approximate surface area is 168 Å². The number of rotatable bonds is 4. The lowest BCUT2D eigenvalue weighted by atomic mass is 10.2. The number of fused-ring (bicyclic) bond motifs is 1. The quantitative estimate of drug-likeness (QED) is 0.716. The molecule has 2 atom stereocenters. The standard InChI is InChI=1S/C19H23ClN6O2/c1-11-9-26(10-12(2)28-11)19-23-17(14-8-21-25(3)18(14)24-19)22-13-5-6-16(27-4)15(20)7-13/h5-8,11-12H,9-10H2,1-4H3,(H,22,23,24)/t11-,12-/m0/s1. The van der Waals surface area contributed by atoms with Crippen LogP contribution in [-0.4, -0.2) is 52.2 Å². The molecule has 1 fully saturated rings. The highest BCUT2D eigenvalue weighted by atomic mass is 35.5. The molecule has 0 amide bonds. The Morgan fingerprint density at radius 2 is 1.96 bits per heavy atom. The average Bonchev–Trinajstić information content (AvgIpc) is 3.02. The largest absolute Gasteiger partial charge is 0.495 e. The van der Waals surface area contributed by atoms with Crippen molar-refractivity contribution in [1.29, 1.82) is 0 Å². The van der Waals surface area contributed by atoms with Crippen molar-refractivity contribution in [3.05, 3.63) is 29.4 Å². The van der Waals surface area contributed by atoms with Gasteiger partial charge >= 0.3 is 0 Å². The molecule has 1 aliphatic rings. The lowest BCUT2D eigenvalue weighted by Crippen LogP contribution is -2.46. The molecule has 0 radical (unpaired) electrons. The number of nitrogens with one attached hydrogen (secondary N) is 1. The molecular formula is C19H23ClN6O2. The smallest absolute Gasteiger partial charge is 0.229 e. The topological polar surface area (TPSA) is 77.3 Å². The number of nitrogens with zero attached hydrogens (tertiary/aromatic N) is 5. The summed E-state index contributed by atoms with van der Waals surface area (Å²) in [4.78, 5) is 11.7. The van der Waals surface area contributed by atoms with Crippen molar-refractivity contribution in [3.63, 3.8) is 0 Å². The second-order valence-corrected chi connectivity index (χ2v) is 7.42. The van der Waals surface area contributed by atoms with Crippen molar-refractivity contribution < 1.29 is 9.47 Å². The summed E-state index contributed by atoms with van der Waals surface area (Å²) in [6.07, 6.45) is 2.00. The van der Waals surface area contributed by atoms with Crippen molar-refractivity contribution in [2.45, 2.75) is 26.1 Å². The third-order valence-corrected chi connectivity index (χ3v) is 4.99. The van der Waals surface area contributed by atoms with E-state index in [9.17, 15) is 0 Å². The highest BCUT2D eigenvalue weighted by Gasteiger charge is 2.25. The summed E-state index contributed by atoms with van der Waals surface area (Å²) in [6.45, 7) is 5.59. The number of aromatic nitrogens is 4. The lowest BCUT2D eigenvalue weighted by molar-refractivity contribution is -0.00569. The maximum atomic E-state index is 6.27. The molecular weight excluding hydrogens is 380 g/mol. The molecule has 0 unspecified atom stereocenters. The van der Waals surface area contributed by atoms with E-state index in [0.717, 1.165) is 29.8 Å². The van der Waals surface area contributed by atoms with Crippen LogP contribution in [0.3, 0.4) is 0 Å². The first-order valence-electron chi connectivity index (χ1n) is 9.15. The number of hydrogen-bond acceptors (Lipinski definition) is 7. The zero-order valence-electron chi connectivity index (χ0n) is 16.3. The van der Waals surface area contributed by atoms with Gasteiger partial charge in [0.1, 0.15) is 11.6 Å². The number of halogens is 1. The monoisotopic (exact) mass is 402 g/mol. The molecule has 28 heavy (non-hydrogen) atoms. The fourth-order valence-electron chi connectivity index (χ4n) is 3.47. The van der Waals surface area contributed by atoms with Gasteiger partial charge in [-0.3, -0.25) is 4.68 Å². The molecule has 2 aromatic heterocycles. The minimum absolute atomic E-state index is 0.117. The Morgan fingerprint density at radius 3 is 2.64 bits per heavy atom. The van der Waals surface area contributed by atoms with E-state index in [4.69, 9.17) is 31.0 Å². The first-order chi connectivity index (χ1) is 13.4. The average molecular weight is 403 g/mol. The maximum absolute atomic E-state index is 6.27. The van der Waals surface area contributed by atoms with Crippen LogP contribution < -0.4 is 15.0 Å². The molecule has 8 nitrogen and oxygen atoms in total. The van der Waals surface area contributed by atoms with Crippen LogP contribution in [0.2, 0.25) is 5.02 Å². The van der Waals surface area contributed by atoms with Crippen molar-refractivity contribution in [3.8, 4) is 5.75 Å². The predicted octanol–water partition coefficient (Wildman–Crippen LogP) is 3.38. The van der Waals surface area contributed by atoms with Crippen LogP contribution in [0.1, 0.15) is 13.8 Å². The molecule has 4 rings (SSSR count). The molecule has 3 heterocycles. The van der Waals surface area contributed by atoms with Gasteiger partial charge in [0, 0.05) is 25.8 Å². The van der Waals surface area contributed by atoms with Gasteiger partial charge in [-0.25, -0.2) is 0 Å². The van der Waals surface area contributed by atoms with Gasteiger partial charge in [-0.15, -0.1) is 0 Å². The number of benzene rings is 1. The van der Waals surface area contributed by atoms with Gasteiger partial charge in [-0.1, -0.05) is 11.6 Å². The molecule has 1 aromatic carbocycles. The predicted molar refractivity (Wildman–Crippen MR) is 110 cm³/mol. The zero-order valence-corrected chi connectivity index (χ0v) is 17.1. The molecule has 1 N–H and O–H groups in total. The summed E-state index contributed by atoms with van der Waals surface area (Å²) in [7, 11) is 3.46. The molecule has 0 bridgehead atoms. The Hall–Kier alpha value is -2.58. The van der Waals surface area contributed by atoms with E-state index in [1.165, 1.54) is 0 Å². The maximum Gasteiger partial charge on any atom is 0.229 e. The summed E-state index contributed by atoms with van der Waals surface area (Å²) in [5.41, 5.74) is 1.57. The van der Waals surface area contributed by atoms with Crippen LogP contribution in [-0.2, 0) is 11.8 Å². The number of anilines is 3. The minimum Gasteiger partial charge on any atom is -0.495 e. The summed E-state index contributed by atoms with van der Waals surface area (Å²) in [5, 5.41) is 9.06. The fourth-order valence-corrected chi connectivity index (χ4v) is 3.73. The summed E-state index contributed by atoms with van der Waals surface area (Å²) in [5.74, 6) is 1.96. The molecule has 3 aromatic rings. The second kappa shape index (κ2) is 7.44. The Balaban J connectivity index is 1.74. The zero-order chi connectivity index (χ0) is 19.8. The van der Waals surface area contributed by atoms with Crippen LogP contribution in [0.5, 0.6) is 5.75 Å². The van der Waals surface area contributed by atoms with E-state index < -0.39 is 0 Å². The van der Waals surface area contributed by atoms with Crippen molar-refractivity contribution in [2.75, 3.05) is 30.4 Å². The number of morpholine rings is 1. The molecule has 0 aliphatic carbocycles. The number of hydrogen-bond donors (Lipinski definition) is 1.